The number of thiazole rings is 1. The summed E-state index contributed by atoms with van der Waals surface area (Å²) in [5, 5.41) is 15.1. The highest BCUT2D eigenvalue weighted by Gasteiger charge is 2.22. The van der Waals surface area contributed by atoms with Crippen molar-refractivity contribution in [1.29, 1.82) is 0 Å². The van der Waals surface area contributed by atoms with Crippen molar-refractivity contribution in [3.8, 4) is 0 Å². The summed E-state index contributed by atoms with van der Waals surface area (Å²) < 4.78 is 28.6. The van der Waals surface area contributed by atoms with E-state index in [0.29, 0.717) is 15.4 Å². The highest BCUT2D eigenvalue weighted by molar-refractivity contribution is 7.89. The highest BCUT2D eigenvalue weighted by atomic mass is 35.5. The van der Waals surface area contributed by atoms with Gasteiger partial charge in [0.25, 0.3) is 0 Å². The molecule has 8 nitrogen and oxygen atoms in total. The topological polar surface area (TPSA) is 121 Å². The van der Waals surface area contributed by atoms with Crippen molar-refractivity contribution in [3.63, 3.8) is 0 Å². The van der Waals surface area contributed by atoms with Gasteiger partial charge in [-0.1, -0.05) is 23.7 Å². The Bertz CT molecular complexity index is 1340. The van der Waals surface area contributed by atoms with Crippen molar-refractivity contribution < 1.29 is 18.3 Å². The van der Waals surface area contributed by atoms with Crippen molar-refractivity contribution in [3.05, 3.63) is 64.9 Å². The second-order valence-electron chi connectivity index (χ2n) is 6.73. The zero-order valence-corrected chi connectivity index (χ0v) is 18.3. The van der Waals surface area contributed by atoms with E-state index in [-0.39, 0.29) is 18.0 Å². The maximum absolute atomic E-state index is 12.7. The predicted molar refractivity (Wildman–Crippen MR) is 120 cm³/mol. The Morgan fingerprint density at radius 3 is 2.71 bits per heavy atom. The molecule has 0 spiro atoms. The van der Waals surface area contributed by atoms with Crippen LogP contribution in [-0.2, 0) is 21.4 Å². The number of benzene rings is 2. The fourth-order valence-corrected chi connectivity index (χ4v) is 5.15. The second-order valence-corrected chi connectivity index (χ2v) is 10.0. The molecule has 0 aliphatic heterocycles. The first-order valence-electron chi connectivity index (χ1n) is 9.16. The van der Waals surface area contributed by atoms with Crippen molar-refractivity contribution in [2.75, 3.05) is 6.54 Å². The molecule has 0 saturated heterocycles. The molecular weight excluding hydrogens is 460 g/mol. The van der Waals surface area contributed by atoms with Gasteiger partial charge in [-0.05, 0) is 41.1 Å². The number of sulfonamides is 1. The zero-order valence-electron chi connectivity index (χ0n) is 15.9. The van der Waals surface area contributed by atoms with E-state index in [1.165, 1.54) is 23.5 Å². The molecule has 0 amide bonds. The van der Waals surface area contributed by atoms with E-state index in [2.05, 4.69) is 20.0 Å². The third-order valence-corrected chi connectivity index (χ3v) is 7.26. The van der Waals surface area contributed by atoms with E-state index >= 15 is 0 Å². The SMILES string of the molecule is O=C(O)C(CNS(=O)(=O)c1ccc2cc(Cl)ccc2c1)NCc1nc2ccncc2s1. The molecular formula is C20H17ClN4O4S2. The number of halogens is 1. The highest BCUT2D eigenvalue weighted by Crippen LogP contribution is 2.23. The minimum atomic E-state index is -3.90. The summed E-state index contributed by atoms with van der Waals surface area (Å²) in [5.74, 6) is -1.17. The summed E-state index contributed by atoms with van der Waals surface area (Å²) in [6, 6.07) is 10.4. The Labute approximate surface area is 187 Å². The molecule has 0 aliphatic rings. The van der Waals surface area contributed by atoms with Crippen LogP contribution in [-0.4, -0.2) is 42.0 Å². The molecule has 0 fully saturated rings. The van der Waals surface area contributed by atoms with Crippen LogP contribution in [0.3, 0.4) is 0 Å². The number of carboxylic acids is 1. The average molecular weight is 477 g/mol. The van der Waals surface area contributed by atoms with Gasteiger partial charge in [0.1, 0.15) is 11.0 Å². The molecule has 2 aromatic heterocycles. The second kappa shape index (κ2) is 8.85. The lowest BCUT2D eigenvalue weighted by atomic mass is 10.1. The van der Waals surface area contributed by atoms with Gasteiger partial charge in [-0.15, -0.1) is 11.3 Å². The van der Waals surface area contributed by atoms with Gasteiger partial charge < -0.3 is 5.11 Å². The van der Waals surface area contributed by atoms with E-state index in [4.69, 9.17) is 11.6 Å². The Morgan fingerprint density at radius 1 is 1.16 bits per heavy atom. The van der Waals surface area contributed by atoms with E-state index in [0.717, 1.165) is 15.6 Å². The first kappa shape index (κ1) is 21.6. The fraction of sp³-hybridized carbons (Fsp3) is 0.150. The standard InChI is InChI=1S/C20H17ClN4O4S2/c21-14-3-1-13-8-15(4-2-12(13)7-14)31(28,29)24-9-17(20(26)27)23-11-19-25-16-5-6-22-10-18(16)30-19/h1-8,10,17,23-24H,9,11H2,(H,26,27). The number of nitrogens with zero attached hydrogens (tertiary/aromatic N) is 2. The molecule has 1 atom stereocenters. The van der Waals surface area contributed by atoms with Crippen LogP contribution >= 0.6 is 22.9 Å². The van der Waals surface area contributed by atoms with Gasteiger partial charge in [0.15, 0.2) is 0 Å². The minimum Gasteiger partial charge on any atom is -0.480 e. The Hall–Kier alpha value is -2.63. The summed E-state index contributed by atoms with van der Waals surface area (Å²) in [4.78, 5) is 20.1. The number of fused-ring (bicyclic) bond motifs is 2. The van der Waals surface area contributed by atoms with Gasteiger partial charge in [0, 0.05) is 30.5 Å². The molecule has 0 bridgehead atoms. The molecule has 31 heavy (non-hydrogen) atoms. The number of pyridine rings is 1. The molecule has 2 heterocycles. The summed E-state index contributed by atoms with van der Waals surface area (Å²) >= 11 is 7.36. The summed E-state index contributed by atoms with van der Waals surface area (Å²) in [7, 11) is -3.90. The molecule has 11 heteroatoms. The molecule has 4 aromatic rings. The maximum Gasteiger partial charge on any atom is 0.322 e. The van der Waals surface area contributed by atoms with Gasteiger partial charge in [0.2, 0.25) is 10.0 Å². The number of nitrogens with one attached hydrogen (secondary N) is 2. The van der Waals surface area contributed by atoms with Crippen LogP contribution in [0.5, 0.6) is 0 Å². The predicted octanol–water partition coefficient (Wildman–Crippen LogP) is 3.02. The number of aromatic nitrogens is 2. The molecule has 3 N–H and O–H groups in total. The van der Waals surface area contributed by atoms with Crippen molar-refractivity contribution in [2.24, 2.45) is 0 Å². The normalized spacial score (nSPS) is 12.9. The molecule has 0 radical (unpaired) electrons. The fourth-order valence-electron chi connectivity index (χ4n) is 3.00. The van der Waals surface area contributed by atoms with Crippen LogP contribution in [0.15, 0.2) is 59.8 Å². The zero-order chi connectivity index (χ0) is 22.0. The molecule has 1 unspecified atom stereocenters. The summed E-state index contributed by atoms with van der Waals surface area (Å²) in [5.41, 5.74) is 0.780. The number of hydrogen-bond acceptors (Lipinski definition) is 7. The number of rotatable bonds is 8. The van der Waals surface area contributed by atoms with Crippen LogP contribution < -0.4 is 10.0 Å². The summed E-state index contributed by atoms with van der Waals surface area (Å²) in [6.45, 7) is -0.127. The maximum atomic E-state index is 12.7. The van der Waals surface area contributed by atoms with Crippen LogP contribution in [0.1, 0.15) is 5.01 Å². The van der Waals surface area contributed by atoms with Gasteiger partial charge in [-0.3, -0.25) is 15.1 Å². The minimum absolute atomic E-state index is 0.0464. The van der Waals surface area contributed by atoms with Gasteiger partial charge in [0.05, 0.1) is 15.1 Å². The third kappa shape index (κ3) is 5.00. The van der Waals surface area contributed by atoms with Crippen molar-refractivity contribution in [2.45, 2.75) is 17.5 Å². The quantitative estimate of drug-likeness (QED) is 0.357. The molecule has 0 aliphatic carbocycles. The molecule has 4 rings (SSSR count). The van der Waals surface area contributed by atoms with Gasteiger partial charge in [-0.2, -0.15) is 0 Å². The monoisotopic (exact) mass is 476 g/mol. The van der Waals surface area contributed by atoms with Crippen LogP contribution in [0.2, 0.25) is 5.02 Å². The lowest BCUT2D eigenvalue weighted by molar-refractivity contribution is -0.139. The van der Waals surface area contributed by atoms with E-state index in [1.807, 2.05) is 0 Å². The summed E-state index contributed by atoms with van der Waals surface area (Å²) in [6.07, 6.45) is 3.33. The smallest absolute Gasteiger partial charge is 0.322 e. The average Bonchev–Trinajstić information content (AvgIpc) is 3.16. The van der Waals surface area contributed by atoms with Crippen molar-refractivity contribution in [1.82, 2.24) is 20.0 Å². The Morgan fingerprint density at radius 2 is 1.94 bits per heavy atom. The van der Waals surface area contributed by atoms with Crippen LogP contribution in [0.25, 0.3) is 21.0 Å². The van der Waals surface area contributed by atoms with E-state index < -0.39 is 22.0 Å². The first-order valence-corrected chi connectivity index (χ1v) is 11.8. The number of carboxylic acid groups (broad SMARTS) is 1. The van der Waals surface area contributed by atoms with Crippen LogP contribution in [0.4, 0.5) is 0 Å². The molecule has 160 valence electrons. The Kier molecular flexibility index (Phi) is 6.17. The number of hydrogen-bond donors (Lipinski definition) is 3. The van der Waals surface area contributed by atoms with Crippen molar-refractivity contribution >= 4 is 59.9 Å². The largest absolute Gasteiger partial charge is 0.480 e. The molecule has 2 aromatic carbocycles. The third-order valence-electron chi connectivity index (χ3n) is 4.59. The van der Waals surface area contributed by atoms with Crippen LogP contribution in [0, 0.1) is 0 Å². The Balaban J connectivity index is 1.44. The lowest BCUT2D eigenvalue weighted by Crippen LogP contribution is -2.45. The van der Waals surface area contributed by atoms with E-state index in [9.17, 15) is 18.3 Å². The number of aliphatic carboxylic acids is 1. The van der Waals surface area contributed by atoms with Gasteiger partial charge in [-0.25, -0.2) is 18.1 Å². The molecule has 0 saturated carbocycles. The number of carbonyl (C=O) groups is 1. The van der Waals surface area contributed by atoms with Gasteiger partial charge >= 0.3 is 5.97 Å². The lowest BCUT2D eigenvalue weighted by Gasteiger charge is -2.15. The van der Waals surface area contributed by atoms with E-state index in [1.54, 1.807) is 42.7 Å². The first-order chi connectivity index (χ1) is 14.8.